The van der Waals surface area contributed by atoms with E-state index in [4.69, 9.17) is 11.6 Å². The van der Waals surface area contributed by atoms with Crippen molar-refractivity contribution in [1.29, 1.82) is 0 Å². The fraction of sp³-hybridized carbons (Fsp3) is 0.300. The summed E-state index contributed by atoms with van der Waals surface area (Å²) in [5, 5.41) is 2.14. The highest BCUT2D eigenvalue weighted by molar-refractivity contribution is 6.31. The van der Waals surface area contributed by atoms with E-state index in [9.17, 15) is 18.0 Å². The van der Waals surface area contributed by atoms with Crippen molar-refractivity contribution >= 4 is 34.4 Å². The van der Waals surface area contributed by atoms with Crippen LogP contribution in [-0.2, 0) is 6.18 Å². The highest BCUT2D eigenvalue weighted by atomic mass is 35.5. The van der Waals surface area contributed by atoms with Crippen molar-refractivity contribution in [2.24, 2.45) is 0 Å². The van der Waals surface area contributed by atoms with E-state index in [1.165, 1.54) is 6.07 Å². The molecule has 1 aromatic heterocycles. The number of H-pyrrole nitrogens is 1. The first kappa shape index (κ1) is 19.6. The smallest absolute Gasteiger partial charge is 0.342 e. The van der Waals surface area contributed by atoms with E-state index < -0.39 is 22.8 Å². The van der Waals surface area contributed by atoms with Crippen LogP contribution in [0.25, 0.3) is 11.0 Å². The molecule has 1 atom stereocenters. The molecule has 2 N–H and O–H groups in total. The largest absolute Gasteiger partial charge is 0.417 e. The Labute approximate surface area is 169 Å². The number of fused-ring (bicyclic) bond motifs is 1. The third kappa shape index (κ3) is 4.17. The molecule has 9 heteroatoms. The topological polar surface area (TPSA) is 61.0 Å². The number of hydrogen-bond donors (Lipinski definition) is 2. The summed E-state index contributed by atoms with van der Waals surface area (Å²) in [7, 11) is 0. The Bertz CT molecular complexity index is 1020. The van der Waals surface area contributed by atoms with E-state index in [1.807, 2.05) is 24.3 Å². The number of para-hydroxylation sites is 2. The number of carbonyl (C=O) groups is 1. The van der Waals surface area contributed by atoms with Crippen LogP contribution in [0.5, 0.6) is 0 Å². The van der Waals surface area contributed by atoms with Gasteiger partial charge in [0, 0.05) is 24.7 Å². The Kier molecular flexibility index (Phi) is 5.12. The maximum Gasteiger partial charge on any atom is 0.417 e. The molecule has 4 rings (SSSR count). The lowest BCUT2D eigenvalue weighted by molar-refractivity contribution is -0.137. The second-order valence-corrected chi connectivity index (χ2v) is 7.45. The van der Waals surface area contributed by atoms with E-state index >= 15 is 0 Å². The van der Waals surface area contributed by atoms with Crippen LogP contribution in [0.3, 0.4) is 0 Å². The van der Waals surface area contributed by atoms with Gasteiger partial charge in [-0.1, -0.05) is 23.7 Å². The number of nitrogens with zero attached hydrogens (tertiary/aromatic N) is 2. The van der Waals surface area contributed by atoms with E-state index in [2.05, 4.69) is 15.3 Å². The number of likely N-dealkylation sites (tertiary alicyclic amines) is 1. The molecule has 1 aliphatic rings. The average Bonchev–Trinajstić information content (AvgIpc) is 3.13. The summed E-state index contributed by atoms with van der Waals surface area (Å²) in [4.78, 5) is 22.1. The molecule has 1 fully saturated rings. The van der Waals surface area contributed by atoms with Gasteiger partial charge in [0.2, 0.25) is 0 Å². The van der Waals surface area contributed by atoms with Gasteiger partial charge in [-0.2, -0.15) is 13.2 Å². The van der Waals surface area contributed by atoms with Gasteiger partial charge in [0.1, 0.15) is 5.82 Å². The van der Waals surface area contributed by atoms with Crippen molar-refractivity contribution in [1.82, 2.24) is 14.9 Å². The molecular formula is C20H18ClF3N4O. The summed E-state index contributed by atoms with van der Waals surface area (Å²) in [6.45, 7) is 0.966. The van der Waals surface area contributed by atoms with Crippen LogP contribution in [0.1, 0.15) is 30.1 Å². The molecule has 1 saturated heterocycles. The van der Waals surface area contributed by atoms with Gasteiger partial charge in [-0.25, -0.2) is 9.78 Å². The van der Waals surface area contributed by atoms with Crippen molar-refractivity contribution in [2.45, 2.75) is 24.9 Å². The van der Waals surface area contributed by atoms with Crippen molar-refractivity contribution in [3.63, 3.8) is 0 Å². The molecule has 1 aliphatic heterocycles. The van der Waals surface area contributed by atoms with E-state index in [-0.39, 0.29) is 11.6 Å². The molecule has 1 unspecified atom stereocenters. The number of hydrogen-bond acceptors (Lipinski definition) is 2. The minimum Gasteiger partial charge on any atom is -0.342 e. The predicted molar refractivity (Wildman–Crippen MR) is 105 cm³/mol. The maximum absolute atomic E-state index is 13.0. The second-order valence-electron chi connectivity index (χ2n) is 7.05. The van der Waals surface area contributed by atoms with Crippen molar-refractivity contribution in [3.8, 4) is 0 Å². The SMILES string of the molecule is O=C(Nc1ccc(Cl)c(C(F)(F)F)c1)N1CCCC(c2nc3ccccc3[nH]2)C1. The summed E-state index contributed by atoms with van der Waals surface area (Å²) < 4.78 is 39.1. The lowest BCUT2D eigenvalue weighted by Gasteiger charge is -2.32. The highest BCUT2D eigenvalue weighted by Gasteiger charge is 2.34. The first-order valence-electron chi connectivity index (χ1n) is 9.18. The van der Waals surface area contributed by atoms with Gasteiger partial charge in [0.15, 0.2) is 0 Å². The number of imidazole rings is 1. The zero-order valence-electron chi connectivity index (χ0n) is 15.3. The third-order valence-corrected chi connectivity index (χ3v) is 5.36. The molecule has 152 valence electrons. The summed E-state index contributed by atoms with van der Waals surface area (Å²) in [6.07, 6.45) is -2.93. The van der Waals surface area contributed by atoms with Gasteiger partial charge >= 0.3 is 12.2 Å². The maximum atomic E-state index is 13.0. The Morgan fingerprint density at radius 2 is 2.03 bits per heavy atom. The van der Waals surface area contributed by atoms with Gasteiger partial charge < -0.3 is 15.2 Å². The van der Waals surface area contributed by atoms with E-state index in [0.717, 1.165) is 41.8 Å². The Morgan fingerprint density at radius 1 is 1.24 bits per heavy atom. The van der Waals surface area contributed by atoms with Crippen LogP contribution >= 0.6 is 11.6 Å². The minimum atomic E-state index is -4.59. The number of aromatic nitrogens is 2. The molecule has 2 heterocycles. The third-order valence-electron chi connectivity index (χ3n) is 5.03. The molecule has 3 aromatic rings. The number of benzene rings is 2. The molecular weight excluding hydrogens is 405 g/mol. The first-order chi connectivity index (χ1) is 13.8. The number of aromatic amines is 1. The summed E-state index contributed by atoms with van der Waals surface area (Å²) in [6, 6.07) is 10.6. The van der Waals surface area contributed by atoms with Gasteiger partial charge in [0.05, 0.1) is 21.6 Å². The Morgan fingerprint density at radius 3 is 2.79 bits per heavy atom. The minimum absolute atomic E-state index is 0.0397. The number of amides is 2. The molecule has 0 bridgehead atoms. The predicted octanol–water partition coefficient (Wildman–Crippen LogP) is 5.65. The number of nitrogens with one attached hydrogen (secondary N) is 2. The lowest BCUT2D eigenvalue weighted by atomic mass is 9.97. The molecule has 0 spiro atoms. The van der Waals surface area contributed by atoms with E-state index in [0.29, 0.717) is 13.1 Å². The number of alkyl halides is 3. The molecule has 29 heavy (non-hydrogen) atoms. The van der Waals surface area contributed by atoms with Crippen LogP contribution in [0.4, 0.5) is 23.7 Å². The fourth-order valence-corrected chi connectivity index (χ4v) is 3.80. The van der Waals surface area contributed by atoms with Gasteiger partial charge in [-0.15, -0.1) is 0 Å². The summed E-state index contributed by atoms with van der Waals surface area (Å²) in [5.41, 5.74) is 0.878. The number of rotatable bonds is 2. The van der Waals surface area contributed by atoms with Crippen LogP contribution in [0.2, 0.25) is 5.02 Å². The standard InChI is InChI=1S/C20H18ClF3N4O/c21-15-8-7-13(10-14(15)20(22,23)24)25-19(29)28-9-3-4-12(11-28)18-26-16-5-1-2-6-17(16)27-18/h1-2,5-8,10,12H,3-4,9,11H2,(H,25,29)(H,26,27). The normalized spacial score (nSPS) is 17.5. The summed E-state index contributed by atoms with van der Waals surface area (Å²) >= 11 is 5.63. The van der Waals surface area contributed by atoms with Gasteiger partial charge in [0.25, 0.3) is 0 Å². The zero-order valence-corrected chi connectivity index (χ0v) is 16.0. The Balaban J connectivity index is 1.48. The molecule has 0 radical (unpaired) electrons. The highest BCUT2D eigenvalue weighted by Crippen LogP contribution is 2.36. The van der Waals surface area contributed by atoms with Gasteiger partial charge in [-0.05, 0) is 43.2 Å². The molecule has 0 saturated carbocycles. The number of anilines is 1. The van der Waals surface area contributed by atoms with Crippen LogP contribution < -0.4 is 5.32 Å². The fourth-order valence-electron chi connectivity index (χ4n) is 3.57. The summed E-state index contributed by atoms with van der Waals surface area (Å²) in [5.74, 6) is 0.854. The first-order valence-corrected chi connectivity index (χ1v) is 9.56. The molecule has 2 amide bonds. The number of urea groups is 1. The van der Waals surface area contributed by atoms with Crippen molar-refractivity contribution in [2.75, 3.05) is 18.4 Å². The van der Waals surface area contributed by atoms with Crippen molar-refractivity contribution < 1.29 is 18.0 Å². The van der Waals surface area contributed by atoms with E-state index in [1.54, 1.807) is 4.90 Å². The number of piperidine rings is 1. The molecule has 0 aliphatic carbocycles. The quantitative estimate of drug-likeness (QED) is 0.561. The van der Waals surface area contributed by atoms with Gasteiger partial charge in [-0.3, -0.25) is 0 Å². The van der Waals surface area contributed by atoms with Crippen LogP contribution in [0, 0.1) is 0 Å². The lowest BCUT2D eigenvalue weighted by Crippen LogP contribution is -2.41. The second kappa shape index (κ2) is 7.59. The average molecular weight is 423 g/mol. The molecule has 5 nitrogen and oxygen atoms in total. The molecule has 2 aromatic carbocycles. The zero-order chi connectivity index (χ0) is 20.6. The van der Waals surface area contributed by atoms with Crippen molar-refractivity contribution in [3.05, 3.63) is 58.9 Å². The monoisotopic (exact) mass is 422 g/mol. The Hall–Kier alpha value is -2.74. The van der Waals surface area contributed by atoms with Crippen LogP contribution in [-0.4, -0.2) is 34.0 Å². The number of halogens is 4. The number of carbonyl (C=O) groups excluding carboxylic acids is 1. The van der Waals surface area contributed by atoms with Crippen LogP contribution in [0.15, 0.2) is 42.5 Å².